The quantitative estimate of drug-likeness (QED) is 0.131. The molecule has 39 heavy (non-hydrogen) atoms. The molecule has 0 aliphatic heterocycles. The van der Waals surface area contributed by atoms with E-state index < -0.39 is 12.1 Å². The number of carboxylic acids is 1. The fourth-order valence-electron chi connectivity index (χ4n) is 3.86. The summed E-state index contributed by atoms with van der Waals surface area (Å²) in [5.41, 5.74) is 9.85. The normalized spacial score (nSPS) is 11.3. The van der Waals surface area contributed by atoms with Gasteiger partial charge in [-0.25, -0.2) is 4.98 Å². The lowest BCUT2D eigenvalue weighted by Crippen LogP contribution is -2.32. The maximum absolute atomic E-state index is 13.1. The fraction of sp³-hybridized carbons (Fsp3) is 0.241. The van der Waals surface area contributed by atoms with Gasteiger partial charge in [0.1, 0.15) is 11.7 Å². The Hall–Kier alpha value is -4.54. The molecule has 3 aromatic carbocycles. The van der Waals surface area contributed by atoms with Gasteiger partial charge in [0, 0.05) is 32.7 Å². The number of aromatic nitrogens is 2. The average Bonchev–Trinajstić information content (AvgIpc) is 3.29. The van der Waals surface area contributed by atoms with Gasteiger partial charge < -0.3 is 30.2 Å². The molecule has 1 amide bonds. The molecule has 0 spiro atoms. The van der Waals surface area contributed by atoms with Gasteiger partial charge in [-0.2, -0.15) is 0 Å². The standard InChI is InChI=1S/C27H29N5O3.C2H4O2/c1-34-24(27(33)30-17-19-11-13-21(14-12-19)25(28)29)26-31-22-9-5-6-10-23(22)32(26)15-16-35-18-20-7-3-2-4-8-20;1-2(3)4/h2-14,24H,15-18H2,1H3,(H3,28,29)(H,30,33);1H3,(H,3,4). The molecule has 0 fully saturated rings. The number of para-hydroxylation sites is 2. The molecule has 0 bridgehead atoms. The molecule has 0 radical (unpaired) electrons. The summed E-state index contributed by atoms with van der Waals surface area (Å²) >= 11 is 0. The summed E-state index contributed by atoms with van der Waals surface area (Å²) in [5.74, 6) is -0.585. The van der Waals surface area contributed by atoms with Gasteiger partial charge in [0.05, 0.1) is 24.2 Å². The number of carboxylic acid groups (broad SMARTS) is 1. The first-order valence-corrected chi connectivity index (χ1v) is 12.3. The summed E-state index contributed by atoms with van der Waals surface area (Å²) < 4.78 is 13.5. The van der Waals surface area contributed by atoms with Crippen molar-refractivity contribution >= 4 is 28.7 Å². The van der Waals surface area contributed by atoms with Crippen LogP contribution in [0.3, 0.4) is 0 Å². The molecule has 0 aliphatic rings. The number of imidazole rings is 1. The molecule has 1 atom stereocenters. The predicted octanol–water partition coefficient (Wildman–Crippen LogP) is 3.63. The zero-order chi connectivity index (χ0) is 28.2. The second-order valence-electron chi connectivity index (χ2n) is 8.61. The summed E-state index contributed by atoms with van der Waals surface area (Å²) in [7, 11) is 1.50. The number of ether oxygens (including phenoxy) is 2. The van der Waals surface area contributed by atoms with Crippen molar-refractivity contribution in [2.24, 2.45) is 5.73 Å². The Morgan fingerprint density at radius 1 is 1.03 bits per heavy atom. The van der Waals surface area contributed by atoms with E-state index in [9.17, 15) is 4.79 Å². The number of nitrogens with one attached hydrogen (secondary N) is 2. The van der Waals surface area contributed by atoms with Crippen LogP contribution in [0, 0.1) is 5.41 Å². The molecule has 1 heterocycles. The number of methoxy groups -OCH3 is 1. The highest BCUT2D eigenvalue weighted by atomic mass is 16.5. The lowest BCUT2D eigenvalue weighted by Gasteiger charge is -2.17. The number of amides is 1. The van der Waals surface area contributed by atoms with Gasteiger partial charge in [-0.1, -0.05) is 66.7 Å². The zero-order valence-corrected chi connectivity index (χ0v) is 22.0. The van der Waals surface area contributed by atoms with Crippen molar-refractivity contribution in [3.63, 3.8) is 0 Å². The van der Waals surface area contributed by atoms with E-state index >= 15 is 0 Å². The van der Waals surface area contributed by atoms with Crippen molar-refractivity contribution in [1.29, 1.82) is 5.41 Å². The zero-order valence-electron chi connectivity index (χ0n) is 22.0. The minimum absolute atomic E-state index is 0.00619. The van der Waals surface area contributed by atoms with Crippen molar-refractivity contribution in [3.05, 3.63) is 101 Å². The van der Waals surface area contributed by atoms with E-state index in [0.717, 1.165) is 29.1 Å². The molecule has 4 aromatic rings. The van der Waals surface area contributed by atoms with E-state index in [1.54, 1.807) is 12.1 Å². The number of benzene rings is 3. The lowest BCUT2D eigenvalue weighted by molar-refractivity contribution is -0.134. The summed E-state index contributed by atoms with van der Waals surface area (Å²) in [6, 6.07) is 24.9. The number of nitrogen functional groups attached to an aromatic ring is 1. The van der Waals surface area contributed by atoms with Crippen LogP contribution >= 0.6 is 0 Å². The molecule has 0 aliphatic carbocycles. The molecule has 5 N–H and O–H groups in total. The van der Waals surface area contributed by atoms with Gasteiger partial charge >= 0.3 is 0 Å². The Kier molecular flexibility index (Phi) is 10.7. The minimum atomic E-state index is -0.881. The number of amidine groups is 1. The second-order valence-corrected chi connectivity index (χ2v) is 8.61. The van der Waals surface area contributed by atoms with E-state index in [4.69, 9.17) is 35.5 Å². The van der Waals surface area contributed by atoms with Crippen molar-refractivity contribution < 1.29 is 24.2 Å². The highest BCUT2D eigenvalue weighted by molar-refractivity contribution is 5.94. The van der Waals surface area contributed by atoms with E-state index in [-0.39, 0.29) is 11.7 Å². The van der Waals surface area contributed by atoms with E-state index in [1.165, 1.54) is 7.11 Å². The number of carbonyl (C=O) groups excluding carboxylic acids is 1. The number of hydrogen-bond acceptors (Lipinski definition) is 6. The van der Waals surface area contributed by atoms with Crippen LogP contribution in [0.2, 0.25) is 0 Å². The fourth-order valence-corrected chi connectivity index (χ4v) is 3.86. The molecule has 1 unspecified atom stereocenters. The molecule has 10 nitrogen and oxygen atoms in total. The molecular formula is C29H33N5O5. The largest absolute Gasteiger partial charge is 0.481 e. The van der Waals surface area contributed by atoms with Gasteiger partial charge in [-0.05, 0) is 23.3 Å². The van der Waals surface area contributed by atoms with Crippen molar-refractivity contribution in [2.75, 3.05) is 13.7 Å². The van der Waals surface area contributed by atoms with E-state index in [2.05, 4.69) is 5.32 Å². The van der Waals surface area contributed by atoms with Crippen LogP contribution in [0.25, 0.3) is 11.0 Å². The Morgan fingerprint density at radius 2 is 1.67 bits per heavy atom. The van der Waals surface area contributed by atoms with Crippen molar-refractivity contribution in [2.45, 2.75) is 32.7 Å². The first-order valence-electron chi connectivity index (χ1n) is 12.3. The minimum Gasteiger partial charge on any atom is -0.481 e. The molecule has 204 valence electrons. The maximum atomic E-state index is 13.1. The van der Waals surface area contributed by atoms with Crippen LogP contribution in [0.5, 0.6) is 0 Å². The highest BCUT2D eigenvalue weighted by Crippen LogP contribution is 2.23. The maximum Gasteiger partial charge on any atom is 0.300 e. The second kappa shape index (κ2) is 14.4. The monoisotopic (exact) mass is 531 g/mol. The molecule has 10 heteroatoms. The van der Waals surface area contributed by atoms with Gasteiger partial charge in [0.2, 0.25) is 0 Å². The van der Waals surface area contributed by atoms with Crippen LogP contribution in [0.1, 0.15) is 35.5 Å². The Labute approximate surface area is 226 Å². The third-order valence-electron chi connectivity index (χ3n) is 5.69. The van der Waals surface area contributed by atoms with Gasteiger partial charge in [0.15, 0.2) is 6.10 Å². The lowest BCUT2D eigenvalue weighted by atomic mass is 10.1. The van der Waals surface area contributed by atoms with Gasteiger partial charge in [-0.3, -0.25) is 15.0 Å². The smallest absolute Gasteiger partial charge is 0.300 e. The van der Waals surface area contributed by atoms with Gasteiger partial charge in [0.25, 0.3) is 11.9 Å². The first kappa shape index (κ1) is 29.0. The van der Waals surface area contributed by atoms with Crippen LogP contribution < -0.4 is 11.1 Å². The molecule has 4 rings (SSSR count). The molecular weight excluding hydrogens is 498 g/mol. The van der Waals surface area contributed by atoms with Crippen LogP contribution in [-0.4, -0.2) is 46.1 Å². The molecule has 1 aromatic heterocycles. The van der Waals surface area contributed by atoms with Gasteiger partial charge in [-0.15, -0.1) is 0 Å². The number of carbonyl (C=O) groups is 2. The Morgan fingerprint density at radius 3 is 2.31 bits per heavy atom. The van der Waals surface area contributed by atoms with Crippen LogP contribution in [0.4, 0.5) is 0 Å². The predicted molar refractivity (Wildman–Crippen MR) is 148 cm³/mol. The average molecular weight is 532 g/mol. The number of nitrogens with zero attached hydrogens (tertiary/aromatic N) is 2. The number of hydrogen-bond donors (Lipinski definition) is 4. The van der Waals surface area contributed by atoms with Crippen molar-refractivity contribution in [3.8, 4) is 0 Å². The number of aliphatic carboxylic acids is 1. The summed E-state index contributed by atoms with van der Waals surface area (Å²) in [4.78, 5) is 26.8. The topological polar surface area (TPSA) is 153 Å². The van der Waals surface area contributed by atoms with E-state index in [0.29, 0.717) is 37.7 Å². The number of rotatable bonds is 11. The highest BCUT2D eigenvalue weighted by Gasteiger charge is 2.26. The molecule has 0 saturated carbocycles. The summed E-state index contributed by atoms with van der Waals surface area (Å²) in [6.07, 6.45) is -0.881. The number of fused-ring (bicyclic) bond motifs is 1. The SMILES string of the molecule is CC(=O)O.COC(C(=O)NCc1ccc(C(=N)N)cc1)c1nc2ccccc2n1CCOCc1ccccc1. The number of nitrogens with two attached hydrogens (primary N) is 1. The summed E-state index contributed by atoms with van der Waals surface area (Å²) in [5, 5.41) is 17.8. The van der Waals surface area contributed by atoms with Crippen LogP contribution in [-0.2, 0) is 38.8 Å². The van der Waals surface area contributed by atoms with E-state index in [1.807, 2.05) is 71.3 Å². The summed E-state index contributed by atoms with van der Waals surface area (Å²) in [6.45, 7) is 2.90. The third kappa shape index (κ3) is 8.49. The Balaban J connectivity index is 0.000000983. The Bertz CT molecular complexity index is 1380. The third-order valence-corrected chi connectivity index (χ3v) is 5.69. The van der Waals surface area contributed by atoms with Crippen molar-refractivity contribution in [1.82, 2.24) is 14.9 Å². The first-order chi connectivity index (χ1) is 18.8. The molecule has 0 saturated heterocycles. The van der Waals surface area contributed by atoms with Crippen LogP contribution in [0.15, 0.2) is 78.9 Å².